The van der Waals surface area contributed by atoms with E-state index in [0.717, 1.165) is 22.2 Å². The van der Waals surface area contributed by atoms with Gasteiger partial charge in [0.05, 0.1) is 16.4 Å². The summed E-state index contributed by atoms with van der Waals surface area (Å²) in [4.78, 5) is 0. The van der Waals surface area contributed by atoms with Gasteiger partial charge in [0.1, 0.15) is 11.2 Å². The van der Waals surface area contributed by atoms with E-state index in [0.29, 0.717) is 0 Å². The molecule has 0 aliphatic heterocycles. The standard InChI is InChI=1S/C32H19NO/c1-2-10-24(11-3-1)33-28-13-7-6-12-25(28)26-14-15-29-31(32(26)33)27-18-22-16-20-8-4-5-9-21(20)17-23(22)19-30(27)34-29/h1-19H. The molecule has 6 aromatic carbocycles. The molecule has 0 aliphatic rings. The lowest BCUT2D eigenvalue weighted by Gasteiger charge is -2.08. The number of benzene rings is 6. The highest BCUT2D eigenvalue weighted by atomic mass is 16.3. The van der Waals surface area contributed by atoms with Gasteiger partial charge in [-0.1, -0.05) is 60.7 Å². The Bertz CT molecular complexity index is 2060. The average Bonchev–Trinajstić information content (AvgIpc) is 3.41. The second-order valence-electron chi connectivity index (χ2n) is 9.02. The van der Waals surface area contributed by atoms with Crippen LogP contribution in [0.25, 0.3) is 71.0 Å². The first-order valence-electron chi connectivity index (χ1n) is 11.6. The van der Waals surface area contributed by atoms with Crippen LogP contribution in [-0.2, 0) is 0 Å². The molecule has 0 unspecified atom stereocenters. The molecule has 8 aromatic rings. The lowest BCUT2D eigenvalue weighted by molar-refractivity contribution is 0.669. The maximum atomic E-state index is 6.45. The van der Waals surface area contributed by atoms with E-state index >= 15 is 0 Å². The van der Waals surface area contributed by atoms with Crippen molar-refractivity contribution in [2.75, 3.05) is 0 Å². The van der Waals surface area contributed by atoms with E-state index in [1.54, 1.807) is 0 Å². The third kappa shape index (κ3) is 2.35. The normalized spacial score (nSPS) is 12.1. The van der Waals surface area contributed by atoms with Crippen LogP contribution in [0.15, 0.2) is 120 Å². The molecule has 8 rings (SSSR count). The molecule has 0 amide bonds. The molecule has 2 aromatic heterocycles. The largest absolute Gasteiger partial charge is 0.456 e. The van der Waals surface area contributed by atoms with Crippen molar-refractivity contribution in [1.29, 1.82) is 0 Å². The number of aromatic nitrogens is 1. The second-order valence-corrected chi connectivity index (χ2v) is 9.02. The van der Waals surface area contributed by atoms with Crippen LogP contribution in [0.2, 0.25) is 0 Å². The summed E-state index contributed by atoms with van der Waals surface area (Å²) >= 11 is 0. The molecule has 0 spiro atoms. The molecule has 2 heteroatoms. The summed E-state index contributed by atoms with van der Waals surface area (Å²) in [5.74, 6) is 0. The third-order valence-electron chi connectivity index (χ3n) is 7.11. The zero-order chi connectivity index (χ0) is 22.2. The van der Waals surface area contributed by atoms with Crippen molar-refractivity contribution in [1.82, 2.24) is 4.57 Å². The molecule has 0 aliphatic carbocycles. The van der Waals surface area contributed by atoms with Crippen LogP contribution in [0.4, 0.5) is 0 Å². The first kappa shape index (κ1) is 17.9. The summed E-state index contributed by atoms with van der Waals surface area (Å²) in [5, 5.41) is 9.75. The van der Waals surface area contributed by atoms with Crippen LogP contribution >= 0.6 is 0 Å². The predicted molar refractivity (Wildman–Crippen MR) is 143 cm³/mol. The number of hydrogen-bond acceptors (Lipinski definition) is 1. The Hall–Kier alpha value is -4.56. The molecule has 0 fully saturated rings. The molecule has 158 valence electrons. The van der Waals surface area contributed by atoms with Crippen LogP contribution < -0.4 is 0 Å². The molecule has 2 heterocycles. The van der Waals surface area contributed by atoms with Gasteiger partial charge in [-0.2, -0.15) is 0 Å². The van der Waals surface area contributed by atoms with E-state index in [1.807, 2.05) is 0 Å². The van der Waals surface area contributed by atoms with Gasteiger partial charge in [-0.05, 0) is 76.1 Å². The summed E-state index contributed by atoms with van der Waals surface area (Å²) < 4.78 is 8.84. The number of furan rings is 1. The Balaban J connectivity index is 1.59. The van der Waals surface area contributed by atoms with Gasteiger partial charge in [-0.15, -0.1) is 0 Å². The van der Waals surface area contributed by atoms with Gasteiger partial charge in [0.2, 0.25) is 0 Å². The van der Waals surface area contributed by atoms with Gasteiger partial charge in [-0.25, -0.2) is 0 Å². The number of rotatable bonds is 1. The minimum Gasteiger partial charge on any atom is -0.456 e. The van der Waals surface area contributed by atoms with Crippen LogP contribution in [-0.4, -0.2) is 4.57 Å². The highest BCUT2D eigenvalue weighted by molar-refractivity contribution is 6.25. The number of fused-ring (bicyclic) bond motifs is 9. The Morgan fingerprint density at radius 2 is 1.18 bits per heavy atom. The van der Waals surface area contributed by atoms with Gasteiger partial charge in [-0.3, -0.25) is 0 Å². The van der Waals surface area contributed by atoms with Crippen molar-refractivity contribution in [3.05, 3.63) is 115 Å². The lowest BCUT2D eigenvalue weighted by atomic mass is 10.0. The number of para-hydroxylation sites is 2. The van der Waals surface area contributed by atoms with E-state index in [2.05, 4.69) is 120 Å². The first-order valence-corrected chi connectivity index (χ1v) is 11.6. The van der Waals surface area contributed by atoms with Gasteiger partial charge in [0.25, 0.3) is 0 Å². The quantitative estimate of drug-likeness (QED) is 0.236. The Morgan fingerprint density at radius 1 is 0.471 bits per heavy atom. The molecular formula is C32H19NO. The molecule has 34 heavy (non-hydrogen) atoms. The summed E-state index contributed by atoms with van der Waals surface area (Å²) in [6, 6.07) is 41.2. The molecule has 0 atom stereocenters. The summed E-state index contributed by atoms with van der Waals surface area (Å²) in [7, 11) is 0. The average molecular weight is 434 g/mol. The van der Waals surface area contributed by atoms with Crippen molar-refractivity contribution in [2.24, 2.45) is 0 Å². The zero-order valence-corrected chi connectivity index (χ0v) is 18.3. The lowest BCUT2D eigenvalue weighted by Crippen LogP contribution is -1.93. The van der Waals surface area contributed by atoms with Crippen molar-refractivity contribution in [3.63, 3.8) is 0 Å². The maximum Gasteiger partial charge on any atom is 0.137 e. The van der Waals surface area contributed by atoms with Crippen LogP contribution in [0.1, 0.15) is 0 Å². The van der Waals surface area contributed by atoms with Crippen molar-refractivity contribution in [3.8, 4) is 5.69 Å². The predicted octanol–water partition coefficient (Wildman–Crippen LogP) is 8.99. The number of nitrogens with zero attached hydrogens (tertiary/aromatic N) is 1. The smallest absolute Gasteiger partial charge is 0.137 e. The number of hydrogen-bond donors (Lipinski definition) is 0. The fraction of sp³-hybridized carbons (Fsp3) is 0. The zero-order valence-electron chi connectivity index (χ0n) is 18.3. The molecular weight excluding hydrogens is 414 g/mol. The van der Waals surface area contributed by atoms with E-state index in [4.69, 9.17) is 4.42 Å². The molecule has 2 nitrogen and oxygen atoms in total. The minimum atomic E-state index is 0.919. The second kappa shape index (κ2) is 6.49. The molecule has 0 N–H and O–H groups in total. The van der Waals surface area contributed by atoms with E-state index in [-0.39, 0.29) is 0 Å². The molecule has 0 saturated heterocycles. The monoisotopic (exact) mass is 433 g/mol. The third-order valence-corrected chi connectivity index (χ3v) is 7.11. The van der Waals surface area contributed by atoms with Crippen molar-refractivity contribution < 1.29 is 4.42 Å². The fourth-order valence-corrected chi connectivity index (χ4v) is 5.60. The highest BCUT2D eigenvalue weighted by Crippen LogP contribution is 2.42. The van der Waals surface area contributed by atoms with Crippen LogP contribution in [0, 0.1) is 0 Å². The van der Waals surface area contributed by atoms with Gasteiger partial charge >= 0.3 is 0 Å². The van der Waals surface area contributed by atoms with E-state index < -0.39 is 0 Å². The first-order chi connectivity index (χ1) is 16.8. The van der Waals surface area contributed by atoms with E-state index in [1.165, 1.54) is 48.7 Å². The Kier molecular flexibility index (Phi) is 3.42. The Labute approximate surface area is 195 Å². The van der Waals surface area contributed by atoms with E-state index in [9.17, 15) is 0 Å². The molecule has 0 radical (unpaired) electrons. The maximum absolute atomic E-state index is 6.45. The minimum absolute atomic E-state index is 0.919. The van der Waals surface area contributed by atoms with Crippen molar-refractivity contribution in [2.45, 2.75) is 0 Å². The van der Waals surface area contributed by atoms with Crippen LogP contribution in [0.3, 0.4) is 0 Å². The fourth-order valence-electron chi connectivity index (χ4n) is 5.60. The SMILES string of the molecule is c1ccc(-n2c3ccccc3c3ccc4oc5cc6cc7ccccc7cc6cc5c4c32)cc1. The van der Waals surface area contributed by atoms with Gasteiger partial charge in [0, 0.05) is 21.8 Å². The van der Waals surface area contributed by atoms with Gasteiger partial charge < -0.3 is 8.98 Å². The van der Waals surface area contributed by atoms with Crippen LogP contribution in [0.5, 0.6) is 0 Å². The highest BCUT2D eigenvalue weighted by Gasteiger charge is 2.19. The molecule has 0 saturated carbocycles. The summed E-state index contributed by atoms with van der Waals surface area (Å²) in [6.07, 6.45) is 0. The topological polar surface area (TPSA) is 18.1 Å². The summed E-state index contributed by atoms with van der Waals surface area (Å²) in [6.45, 7) is 0. The Morgan fingerprint density at radius 3 is 2.00 bits per heavy atom. The molecule has 0 bridgehead atoms. The van der Waals surface area contributed by atoms with Gasteiger partial charge in [0.15, 0.2) is 0 Å². The summed E-state index contributed by atoms with van der Waals surface area (Å²) in [5.41, 5.74) is 5.40. The van der Waals surface area contributed by atoms with Crippen molar-refractivity contribution >= 4 is 65.3 Å².